The maximum absolute atomic E-state index is 12.5. The molecular weight excluding hydrogens is 348 g/mol. The summed E-state index contributed by atoms with van der Waals surface area (Å²) in [5.74, 6) is -1.07. The summed E-state index contributed by atoms with van der Waals surface area (Å²) in [6, 6.07) is 26.7. The van der Waals surface area contributed by atoms with Crippen molar-refractivity contribution in [2.45, 2.75) is 0 Å². The SMILES string of the molecule is NC(=O)/C(=C/c1c2ccccc2cc2ccccc12)NC(=O)c1ccccc1. The van der Waals surface area contributed by atoms with Crippen LogP contribution in [-0.2, 0) is 4.79 Å². The van der Waals surface area contributed by atoms with Crippen LogP contribution in [0.5, 0.6) is 0 Å². The van der Waals surface area contributed by atoms with Gasteiger partial charge in [-0.05, 0) is 51.4 Å². The van der Waals surface area contributed by atoms with E-state index >= 15 is 0 Å². The van der Waals surface area contributed by atoms with Crippen molar-refractivity contribution in [1.82, 2.24) is 5.32 Å². The lowest BCUT2D eigenvalue weighted by atomic mass is 9.96. The molecule has 4 heteroatoms. The van der Waals surface area contributed by atoms with E-state index in [-0.39, 0.29) is 11.6 Å². The number of hydrogen-bond acceptors (Lipinski definition) is 2. The molecule has 4 nitrogen and oxygen atoms in total. The van der Waals surface area contributed by atoms with Crippen molar-refractivity contribution in [1.29, 1.82) is 0 Å². The third-order valence-corrected chi connectivity index (χ3v) is 4.65. The summed E-state index contributed by atoms with van der Waals surface area (Å²) in [5.41, 5.74) is 6.93. The molecule has 0 heterocycles. The predicted molar refractivity (Wildman–Crippen MR) is 113 cm³/mol. The smallest absolute Gasteiger partial charge is 0.265 e. The van der Waals surface area contributed by atoms with Crippen molar-refractivity contribution in [3.05, 3.63) is 102 Å². The third kappa shape index (κ3) is 3.35. The standard InChI is InChI=1S/C24H18N2O2/c25-23(27)22(26-24(28)16-8-2-1-3-9-16)15-21-19-12-6-4-10-17(19)14-18-11-5-7-13-20(18)21/h1-15H,(H2,25,27)(H,26,28)/b22-15-. The number of rotatable bonds is 4. The molecule has 0 aliphatic carbocycles. The normalized spacial score (nSPS) is 11.5. The summed E-state index contributed by atoms with van der Waals surface area (Å²) in [4.78, 5) is 24.6. The Hall–Kier alpha value is -3.92. The van der Waals surface area contributed by atoms with Crippen LogP contribution in [0.3, 0.4) is 0 Å². The van der Waals surface area contributed by atoms with Gasteiger partial charge in [0.1, 0.15) is 5.70 Å². The van der Waals surface area contributed by atoms with Crippen LogP contribution in [0.2, 0.25) is 0 Å². The second kappa shape index (κ2) is 7.37. The Labute approximate surface area is 162 Å². The van der Waals surface area contributed by atoms with Crippen LogP contribution in [0, 0.1) is 0 Å². The van der Waals surface area contributed by atoms with Crippen LogP contribution in [0.1, 0.15) is 15.9 Å². The number of hydrogen-bond donors (Lipinski definition) is 2. The molecule has 0 saturated heterocycles. The van der Waals surface area contributed by atoms with Crippen LogP contribution in [0.4, 0.5) is 0 Å². The zero-order valence-corrected chi connectivity index (χ0v) is 15.1. The number of fused-ring (bicyclic) bond motifs is 2. The van der Waals surface area contributed by atoms with E-state index in [1.54, 1.807) is 30.3 Å². The Balaban J connectivity index is 1.87. The molecule has 4 rings (SSSR count). The first-order valence-electron chi connectivity index (χ1n) is 8.92. The molecule has 0 atom stereocenters. The average Bonchev–Trinajstić information content (AvgIpc) is 2.73. The fourth-order valence-electron chi connectivity index (χ4n) is 3.30. The average molecular weight is 366 g/mol. The minimum atomic E-state index is -0.693. The van der Waals surface area contributed by atoms with E-state index in [2.05, 4.69) is 11.4 Å². The fourth-order valence-corrected chi connectivity index (χ4v) is 3.30. The molecule has 3 N–H and O–H groups in total. The Morgan fingerprint density at radius 3 is 1.86 bits per heavy atom. The molecular formula is C24H18N2O2. The largest absolute Gasteiger partial charge is 0.364 e. The van der Waals surface area contributed by atoms with Gasteiger partial charge in [-0.3, -0.25) is 9.59 Å². The van der Waals surface area contributed by atoms with Crippen molar-refractivity contribution in [3.8, 4) is 0 Å². The number of nitrogens with one attached hydrogen (secondary N) is 1. The van der Waals surface area contributed by atoms with Gasteiger partial charge in [0.15, 0.2) is 0 Å². The van der Waals surface area contributed by atoms with Crippen LogP contribution in [0.25, 0.3) is 27.6 Å². The highest BCUT2D eigenvalue weighted by atomic mass is 16.2. The van der Waals surface area contributed by atoms with Crippen LogP contribution >= 0.6 is 0 Å². The van der Waals surface area contributed by atoms with Crippen LogP contribution in [-0.4, -0.2) is 11.8 Å². The van der Waals surface area contributed by atoms with Gasteiger partial charge in [0.2, 0.25) is 0 Å². The Morgan fingerprint density at radius 2 is 1.29 bits per heavy atom. The van der Waals surface area contributed by atoms with Gasteiger partial charge in [-0.15, -0.1) is 0 Å². The second-order valence-electron chi connectivity index (χ2n) is 6.47. The molecule has 4 aromatic carbocycles. The van der Waals surface area contributed by atoms with Crippen molar-refractivity contribution < 1.29 is 9.59 Å². The fraction of sp³-hybridized carbons (Fsp3) is 0. The molecule has 0 bridgehead atoms. The highest BCUT2D eigenvalue weighted by Gasteiger charge is 2.14. The number of nitrogens with two attached hydrogens (primary N) is 1. The molecule has 2 amide bonds. The second-order valence-corrected chi connectivity index (χ2v) is 6.47. The first-order chi connectivity index (χ1) is 13.6. The number of primary amides is 1. The van der Waals surface area contributed by atoms with E-state index in [4.69, 9.17) is 5.73 Å². The van der Waals surface area contributed by atoms with Gasteiger partial charge in [-0.1, -0.05) is 66.7 Å². The van der Waals surface area contributed by atoms with Crippen LogP contribution in [0.15, 0.2) is 90.6 Å². The molecule has 136 valence electrons. The maximum atomic E-state index is 12.5. The van der Waals surface area contributed by atoms with E-state index < -0.39 is 5.91 Å². The van der Waals surface area contributed by atoms with E-state index in [1.165, 1.54) is 0 Å². The molecule has 0 spiro atoms. The first-order valence-corrected chi connectivity index (χ1v) is 8.92. The van der Waals surface area contributed by atoms with E-state index in [1.807, 2.05) is 54.6 Å². The lowest BCUT2D eigenvalue weighted by Crippen LogP contribution is -2.31. The summed E-state index contributed by atoms with van der Waals surface area (Å²) >= 11 is 0. The van der Waals surface area contributed by atoms with Crippen molar-refractivity contribution in [2.75, 3.05) is 0 Å². The molecule has 28 heavy (non-hydrogen) atoms. The van der Waals surface area contributed by atoms with Gasteiger partial charge in [-0.2, -0.15) is 0 Å². The topological polar surface area (TPSA) is 72.2 Å². The van der Waals surface area contributed by atoms with Gasteiger partial charge in [0.25, 0.3) is 11.8 Å². The van der Waals surface area contributed by atoms with Crippen molar-refractivity contribution >= 4 is 39.4 Å². The molecule has 0 aromatic heterocycles. The Morgan fingerprint density at radius 1 is 0.750 bits per heavy atom. The Bertz CT molecular complexity index is 1170. The maximum Gasteiger partial charge on any atom is 0.265 e. The summed E-state index contributed by atoms with van der Waals surface area (Å²) in [5, 5.41) is 6.71. The molecule has 4 aromatic rings. The van der Waals surface area contributed by atoms with Gasteiger partial charge < -0.3 is 11.1 Å². The zero-order chi connectivity index (χ0) is 19.5. The highest BCUT2D eigenvalue weighted by Crippen LogP contribution is 2.30. The predicted octanol–water partition coefficient (Wildman–Crippen LogP) is 4.25. The number of carbonyl (C=O) groups is 2. The van der Waals surface area contributed by atoms with Gasteiger partial charge in [-0.25, -0.2) is 0 Å². The lowest BCUT2D eigenvalue weighted by Gasteiger charge is -2.11. The van der Waals surface area contributed by atoms with E-state index in [0.717, 1.165) is 27.1 Å². The number of amides is 2. The molecule has 0 radical (unpaired) electrons. The van der Waals surface area contributed by atoms with E-state index in [0.29, 0.717) is 5.56 Å². The zero-order valence-electron chi connectivity index (χ0n) is 15.1. The quantitative estimate of drug-likeness (QED) is 0.419. The highest BCUT2D eigenvalue weighted by molar-refractivity contribution is 6.11. The lowest BCUT2D eigenvalue weighted by molar-refractivity contribution is -0.114. The minimum absolute atomic E-state index is 0.0513. The molecule has 0 unspecified atom stereocenters. The third-order valence-electron chi connectivity index (χ3n) is 4.65. The Kier molecular flexibility index (Phi) is 4.60. The van der Waals surface area contributed by atoms with Gasteiger partial charge in [0, 0.05) is 5.56 Å². The summed E-state index contributed by atoms with van der Waals surface area (Å²) < 4.78 is 0. The molecule has 0 aliphatic heterocycles. The summed E-state index contributed by atoms with van der Waals surface area (Å²) in [6.07, 6.45) is 1.66. The summed E-state index contributed by atoms with van der Waals surface area (Å²) in [6.45, 7) is 0. The van der Waals surface area contributed by atoms with Crippen LogP contribution < -0.4 is 11.1 Å². The summed E-state index contributed by atoms with van der Waals surface area (Å²) in [7, 11) is 0. The molecule has 0 fully saturated rings. The minimum Gasteiger partial charge on any atom is -0.364 e. The van der Waals surface area contributed by atoms with Gasteiger partial charge >= 0.3 is 0 Å². The van der Waals surface area contributed by atoms with E-state index in [9.17, 15) is 9.59 Å². The van der Waals surface area contributed by atoms with Crippen molar-refractivity contribution in [2.24, 2.45) is 5.73 Å². The monoisotopic (exact) mass is 366 g/mol. The van der Waals surface area contributed by atoms with Gasteiger partial charge in [0.05, 0.1) is 0 Å². The number of benzene rings is 4. The molecule has 0 saturated carbocycles. The molecule has 0 aliphatic rings. The van der Waals surface area contributed by atoms with Crippen molar-refractivity contribution in [3.63, 3.8) is 0 Å². The number of carbonyl (C=O) groups excluding carboxylic acids is 2. The first kappa shape index (κ1) is 17.5.